The fourth-order valence-electron chi connectivity index (χ4n) is 2.74. The van der Waals surface area contributed by atoms with Gasteiger partial charge in [-0.3, -0.25) is 0 Å². The molecule has 2 rings (SSSR count). The van der Waals surface area contributed by atoms with Crippen molar-refractivity contribution in [3.63, 3.8) is 0 Å². The summed E-state index contributed by atoms with van der Waals surface area (Å²) in [5.74, 6) is 1.56. The molecular formula is C17H27NO2. The molecule has 1 unspecified atom stereocenters. The van der Waals surface area contributed by atoms with Crippen LogP contribution in [-0.2, 0) is 11.2 Å². The minimum absolute atomic E-state index is 0.441. The van der Waals surface area contributed by atoms with Gasteiger partial charge in [-0.15, -0.1) is 0 Å². The summed E-state index contributed by atoms with van der Waals surface area (Å²) in [4.78, 5) is 0. The maximum Gasteiger partial charge on any atom is 0.119 e. The number of hydrogen-bond donors (Lipinski definition) is 1. The Morgan fingerprint density at radius 2 is 2.20 bits per heavy atom. The predicted octanol–water partition coefficient (Wildman–Crippen LogP) is 3.33. The van der Waals surface area contributed by atoms with E-state index in [2.05, 4.69) is 37.4 Å². The lowest BCUT2D eigenvalue weighted by atomic mass is 9.87. The van der Waals surface area contributed by atoms with E-state index in [4.69, 9.17) is 9.47 Å². The second-order valence-corrected chi connectivity index (χ2v) is 5.93. The Kier molecular flexibility index (Phi) is 5.86. The fourth-order valence-corrected chi connectivity index (χ4v) is 2.74. The maximum absolute atomic E-state index is 5.63. The van der Waals surface area contributed by atoms with E-state index in [9.17, 15) is 0 Å². The molecule has 3 heteroatoms. The van der Waals surface area contributed by atoms with E-state index in [0.717, 1.165) is 25.5 Å². The Morgan fingerprint density at radius 3 is 2.95 bits per heavy atom. The van der Waals surface area contributed by atoms with Crippen LogP contribution in [0.4, 0.5) is 0 Å². The van der Waals surface area contributed by atoms with Crippen LogP contribution in [0.25, 0.3) is 0 Å². The van der Waals surface area contributed by atoms with Crippen molar-refractivity contribution in [2.75, 3.05) is 26.9 Å². The number of fused-ring (bicyclic) bond motifs is 1. The SMILES string of the molecule is COc1ccc2c(c1)C(NCCOCC(C)C)CCC2. The minimum Gasteiger partial charge on any atom is -0.497 e. The topological polar surface area (TPSA) is 30.5 Å². The molecule has 1 aromatic carbocycles. The van der Waals surface area contributed by atoms with E-state index in [1.807, 2.05) is 0 Å². The first-order valence-corrected chi connectivity index (χ1v) is 7.68. The molecule has 0 aliphatic heterocycles. The highest BCUT2D eigenvalue weighted by Gasteiger charge is 2.20. The molecule has 0 radical (unpaired) electrons. The Labute approximate surface area is 122 Å². The zero-order valence-corrected chi connectivity index (χ0v) is 12.9. The largest absolute Gasteiger partial charge is 0.497 e. The molecule has 0 bridgehead atoms. The van der Waals surface area contributed by atoms with E-state index in [1.54, 1.807) is 7.11 Å². The van der Waals surface area contributed by atoms with Crippen molar-refractivity contribution in [3.8, 4) is 5.75 Å². The van der Waals surface area contributed by atoms with Crippen molar-refractivity contribution in [2.45, 2.75) is 39.2 Å². The molecule has 3 nitrogen and oxygen atoms in total. The summed E-state index contributed by atoms with van der Waals surface area (Å²) in [5, 5.41) is 3.62. The lowest BCUT2D eigenvalue weighted by Gasteiger charge is -2.27. The average Bonchev–Trinajstić information content (AvgIpc) is 2.46. The first-order valence-electron chi connectivity index (χ1n) is 7.68. The van der Waals surface area contributed by atoms with Gasteiger partial charge in [-0.25, -0.2) is 0 Å². The van der Waals surface area contributed by atoms with E-state index in [0.29, 0.717) is 12.0 Å². The molecule has 0 aromatic heterocycles. The highest BCUT2D eigenvalue weighted by Crippen LogP contribution is 2.32. The van der Waals surface area contributed by atoms with Gasteiger partial charge < -0.3 is 14.8 Å². The zero-order valence-electron chi connectivity index (χ0n) is 12.9. The number of rotatable bonds is 7. The summed E-state index contributed by atoms with van der Waals surface area (Å²) < 4.78 is 11.0. The van der Waals surface area contributed by atoms with Crippen molar-refractivity contribution in [2.24, 2.45) is 5.92 Å². The van der Waals surface area contributed by atoms with E-state index in [-0.39, 0.29) is 0 Å². The monoisotopic (exact) mass is 277 g/mol. The Bertz CT molecular complexity index is 417. The van der Waals surface area contributed by atoms with Gasteiger partial charge in [0, 0.05) is 19.2 Å². The van der Waals surface area contributed by atoms with Crippen molar-refractivity contribution in [1.82, 2.24) is 5.32 Å². The molecule has 1 atom stereocenters. The van der Waals surface area contributed by atoms with Crippen molar-refractivity contribution >= 4 is 0 Å². The van der Waals surface area contributed by atoms with Crippen LogP contribution in [0.5, 0.6) is 5.75 Å². The molecule has 0 saturated heterocycles. The molecule has 0 fully saturated rings. The third-order valence-electron chi connectivity index (χ3n) is 3.76. The molecule has 0 saturated carbocycles. The summed E-state index contributed by atoms with van der Waals surface area (Å²) >= 11 is 0. The highest BCUT2D eigenvalue weighted by atomic mass is 16.5. The van der Waals surface area contributed by atoms with Crippen LogP contribution in [0.3, 0.4) is 0 Å². The van der Waals surface area contributed by atoms with Gasteiger partial charge in [-0.05, 0) is 48.4 Å². The van der Waals surface area contributed by atoms with Gasteiger partial charge in [-0.1, -0.05) is 19.9 Å². The second-order valence-electron chi connectivity index (χ2n) is 5.93. The predicted molar refractivity (Wildman–Crippen MR) is 82.3 cm³/mol. The Balaban J connectivity index is 1.87. The third kappa shape index (κ3) is 4.22. The quantitative estimate of drug-likeness (QED) is 0.775. The second kappa shape index (κ2) is 7.65. The lowest BCUT2D eigenvalue weighted by molar-refractivity contribution is 0.109. The van der Waals surface area contributed by atoms with Crippen LogP contribution in [0.15, 0.2) is 18.2 Å². The zero-order chi connectivity index (χ0) is 14.4. The van der Waals surface area contributed by atoms with Gasteiger partial charge in [-0.2, -0.15) is 0 Å². The number of ether oxygens (including phenoxy) is 2. The van der Waals surface area contributed by atoms with Gasteiger partial charge in [0.1, 0.15) is 5.75 Å². The van der Waals surface area contributed by atoms with E-state index >= 15 is 0 Å². The van der Waals surface area contributed by atoms with E-state index in [1.165, 1.54) is 30.4 Å². The first-order chi connectivity index (χ1) is 9.70. The van der Waals surface area contributed by atoms with Gasteiger partial charge in [0.05, 0.1) is 13.7 Å². The summed E-state index contributed by atoms with van der Waals surface area (Å²) in [6, 6.07) is 6.89. The summed E-state index contributed by atoms with van der Waals surface area (Å²) in [7, 11) is 1.73. The average molecular weight is 277 g/mol. The normalized spacial score (nSPS) is 18.1. The van der Waals surface area contributed by atoms with Crippen molar-refractivity contribution < 1.29 is 9.47 Å². The summed E-state index contributed by atoms with van der Waals surface area (Å²) in [5.41, 5.74) is 2.86. The van der Waals surface area contributed by atoms with Crippen LogP contribution in [0, 0.1) is 5.92 Å². The molecule has 1 aliphatic rings. The van der Waals surface area contributed by atoms with Gasteiger partial charge in [0.15, 0.2) is 0 Å². The van der Waals surface area contributed by atoms with Crippen LogP contribution in [0.1, 0.15) is 43.9 Å². The molecule has 0 heterocycles. The highest BCUT2D eigenvalue weighted by molar-refractivity contribution is 5.39. The molecule has 1 N–H and O–H groups in total. The van der Waals surface area contributed by atoms with Gasteiger partial charge in [0.25, 0.3) is 0 Å². The number of methoxy groups -OCH3 is 1. The molecule has 1 aromatic rings. The molecule has 0 spiro atoms. The lowest BCUT2D eigenvalue weighted by Crippen LogP contribution is -2.28. The summed E-state index contributed by atoms with van der Waals surface area (Å²) in [6.07, 6.45) is 3.63. The van der Waals surface area contributed by atoms with Crippen LogP contribution < -0.4 is 10.1 Å². The summed E-state index contributed by atoms with van der Waals surface area (Å²) in [6.45, 7) is 6.90. The van der Waals surface area contributed by atoms with Crippen molar-refractivity contribution in [1.29, 1.82) is 0 Å². The smallest absolute Gasteiger partial charge is 0.119 e. The van der Waals surface area contributed by atoms with Crippen molar-refractivity contribution in [3.05, 3.63) is 29.3 Å². The Morgan fingerprint density at radius 1 is 1.35 bits per heavy atom. The number of benzene rings is 1. The first kappa shape index (κ1) is 15.3. The number of aryl methyl sites for hydroxylation is 1. The third-order valence-corrected chi connectivity index (χ3v) is 3.76. The molecule has 1 aliphatic carbocycles. The van der Waals surface area contributed by atoms with Crippen LogP contribution in [-0.4, -0.2) is 26.9 Å². The molecule has 20 heavy (non-hydrogen) atoms. The molecule has 112 valence electrons. The molecule has 0 amide bonds. The number of hydrogen-bond acceptors (Lipinski definition) is 3. The fraction of sp³-hybridized carbons (Fsp3) is 0.647. The van der Waals surface area contributed by atoms with Gasteiger partial charge >= 0.3 is 0 Å². The molecular weight excluding hydrogens is 250 g/mol. The Hall–Kier alpha value is -1.06. The standard InChI is InChI=1S/C17H27NO2/c1-13(2)12-20-10-9-18-17-6-4-5-14-7-8-15(19-3)11-16(14)17/h7-8,11,13,17-18H,4-6,9-10,12H2,1-3H3. The van der Waals surface area contributed by atoms with Crippen LogP contribution >= 0.6 is 0 Å². The number of nitrogens with one attached hydrogen (secondary N) is 1. The maximum atomic E-state index is 5.63. The minimum atomic E-state index is 0.441. The van der Waals surface area contributed by atoms with Crippen LogP contribution in [0.2, 0.25) is 0 Å². The van der Waals surface area contributed by atoms with Gasteiger partial charge in [0.2, 0.25) is 0 Å². The van der Waals surface area contributed by atoms with E-state index < -0.39 is 0 Å².